The van der Waals surface area contributed by atoms with Crippen molar-refractivity contribution in [3.05, 3.63) is 48.7 Å². The number of carboxylic acid groups (broad SMARTS) is 1. The van der Waals surface area contributed by atoms with Crippen LogP contribution in [0.5, 0.6) is 0 Å². The maximum atomic E-state index is 11.1. The summed E-state index contributed by atoms with van der Waals surface area (Å²) < 4.78 is 4.41. The Morgan fingerprint density at radius 2 is 2.06 bits per heavy atom. The molecule has 5 heteroatoms. The highest BCUT2D eigenvalue weighted by Crippen LogP contribution is 2.03. The average Bonchev–Trinajstić information content (AvgIpc) is 2.29. The fourth-order valence-electron chi connectivity index (χ4n) is 1.30. The van der Waals surface area contributed by atoms with Gasteiger partial charge in [0.2, 0.25) is 0 Å². The number of carboxylic acids is 1. The Morgan fingerprint density at radius 3 is 2.59 bits per heavy atom. The highest BCUT2D eigenvalue weighted by molar-refractivity contribution is 5.80. The van der Waals surface area contributed by atoms with Crippen molar-refractivity contribution < 1.29 is 19.4 Å². The number of alkyl carbamates (subject to hydrolysis) is 1. The second-order valence-corrected chi connectivity index (χ2v) is 3.30. The molecule has 1 amide bonds. The van der Waals surface area contributed by atoms with E-state index in [0.717, 1.165) is 11.8 Å². The lowest BCUT2D eigenvalue weighted by Crippen LogP contribution is -2.42. The third-order valence-electron chi connectivity index (χ3n) is 2.06. The molecule has 0 saturated carbocycles. The molecule has 0 spiro atoms. The first-order valence-electron chi connectivity index (χ1n) is 4.98. The van der Waals surface area contributed by atoms with E-state index in [1.54, 1.807) is 24.3 Å². The Bertz CT molecular complexity index is 402. The van der Waals surface area contributed by atoms with Crippen molar-refractivity contribution in [1.82, 2.24) is 5.32 Å². The molecule has 1 rings (SSSR count). The van der Waals surface area contributed by atoms with Crippen LogP contribution < -0.4 is 5.32 Å². The van der Waals surface area contributed by atoms with Crippen LogP contribution in [0.2, 0.25) is 0 Å². The number of aliphatic carboxylic acids is 1. The Kier molecular flexibility index (Phi) is 4.75. The third kappa shape index (κ3) is 4.38. The van der Waals surface area contributed by atoms with Crippen LogP contribution in [0.4, 0.5) is 4.79 Å². The van der Waals surface area contributed by atoms with Crippen LogP contribution in [0.3, 0.4) is 0 Å². The summed E-state index contributed by atoms with van der Waals surface area (Å²) in [6.07, 6.45) is 0.308. The van der Waals surface area contributed by atoms with E-state index in [-0.39, 0.29) is 6.42 Å². The Labute approximate surface area is 98.7 Å². The van der Waals surface area contributed by atoms with Crippen LogP contribution in [-0.4, -0.2) is 23.2 Å². The molecule has 90 valence electrons. The van der Waals surface area contributed by atoms with Crippen LogP contribution in [-0.2, 0) is 16.0 Å². The standard InChI is InChI=1S/C12H13NO4/c1-2-17-12(16)13-10(11(14)15)8-9-6-4-3-5-7-9/h2-7,10H,1,8H2,(H,13,16)(H,14,15). The number of ether oxygens (including phenoxy) is 1. The van der Waals surface area contributed by atoms with Gasteiger partial charge in [-0.3, -0.25) is 0 Å². The molecule has 0 heterocycles. The highest BCUT2D eigenvalue weighted by atomic mass is 16.5. The zero-order valence-electron chi connectivity index (χ0n) is 9.13. The van der Waals surface area contributed by atoms with Gasteiger partial charge < -0.3 is 15.2 Å². The molecular formula is C12H13NO4. The van der Waals surface area contributed by atoms with Gasteiger partial charge in [0.15, 0.2) is 0 Å². The van der Waals surface area contributed by atoms with Crippen molar-refractivity contribution in [2.75, 3.05) is 0 Å². The molecule has 1 unspecified atom stereocenters. The van der Waals surface area contributed by atoms with E-state index in [9.17, 15) is 9.59 Å². The number of hydrogen-bond donors (Lipinski definition) is 2. The number of carbonyl (C=O) groups excluding carboxylic acids is 1. The summed E-state index contributed by atoms with van der Waals surface area (Å²) in [6.45, 7) is 3.21. The van der Waals surface area contributed by atoms with Crippen LogP contribution in [0.25, 0.3) is 0 Å². The normalized spacial score (nSPS) is 11.3. The molecule has 1 aromatic rings. The van der Waals surface area contributed by atoms with Crippen LogP contribution in [0, 0.1) is 0 Å². The van der Waals surface area contributed by atoms with Crippen LogP contribution in [0.1, 0.15) is 5.56 Å². The van der Waals surface area contributed by atoms with E-state index in [0.29, 0.717) is 0 Å². The van der Waals surface area contributed by atoms with Crippen molar-refractivity contribution in [2.45, 2.75) is 12.5 Å². The van der Waals surface area contributed by atoms with E-state index in [1.165, 1.54) is 0 Å². The summed E-state index contributed by atoms with van der Waals surface area (Å²) >= 11 is 0. The van der Waals surface area contributed by atoms with E-state index in [1.807, 2.05) is 6.07 Å². The van der Waals surface area contributed by atoms with Gasteiger partial charge in [-0.15, -0.1) is 0 Å². The molecule has 0 aromatic heterocycles. The summed E-state index contributed by atoms with van der Waals surface area (Å²) in [7, 11) is 0. The van der Waals surface area contributed by atoms with Crippen LogP contribution in [0.15, 0.2) is 43.2 Å². The fraction of sp³-hybridized carbons (Fsp3) is 0.167. The van der Waals surface area contributed by atoms with Gasteiger partial charge in [0.25, 0.3) is 0 Å². The molecule has 0 fully saturated rings. The second kappa shape index (κ2) is 6.32. The summed E-state index contributed by atoms with van der Waals surface area (Å²) in [5, 5.41) is 11.2. The first-order chi connectivity index (χ1) is 8.13. The molecule has 1 atom stereocenters. The first-order valence-corrected chi connectivity index (χ1v) is 4.98. The number of nitrogens with one attached hydrogen (secondary N) is 1. The third-order valence-corrected chi connectivity index (χ3v) is 2.06. The molecule has 0 aliphatic heterocycles. The fourth-order valence-corrected chi connectivity index (χ4v) is 1.30. The molecule has 0 aliphatic rings. The SMILES string of the molecule is C=COC(=O)NC(Cc1ccccc1)C(=O)O. The molecular weight excluding hydrogens is 222 g/mol. The van der Waals surface area contributed by atoms with Crippen molar-refractivity contribution in [2.24, 2.45) is 0 Å². The van der Waals surface area contributed by atoms with Crippen molar-refractivity contribution in [3.63, 3.8) is 0 Å². The Morgan fingerprint density at radius 1 is 1.41 bits per heavy atom. The van der Waals surface area contributed by atoms with Crippen LogP contribution >= 0.6 is 0 Å². The average molecular weight is 235 g/mol. The van der Waals surface area contributed by atoms with Gasteiger partial charge in [0, 0.05) is 6.42 Å². The van der Waals surface area contributed by atoms with E-state index >= 15 is 0 Å². The van der Waals surface area contributed by atoms with Gasteiger partial charge in [-0.2, -0.15) is 0 Å². The zero-order valence-corrected chi connectivity index (χ0v) is 9.13. The molecule has 5 nitrogen and oxygen atoms in total. The molecule has 0 bridgehead atoms. The minimum absolute atomic E-state index is 0.197. The molecule has 2 N–H and O–H groups in total. The topological polar surface area (TPSA) is 75.6 Å². The minimum atomic E-state index is -1.12. The predicted molar refractivity (Wildman–Crippen MR) is 61.4 cm³/mol. The quantitative estimate of drug-likeness (QED) is 0.759. The molecule has 0 saturated heterocycles. The lowest BCUT2D eigenvalue weighted by atomic mass is 10.1. The zero-order chi connectivity index (χ0) is 12.7. The highest BCUT2D eigenvalue weighted by Gasteiger charge is 2.20. The Hall–Kier alpha value is -2.30. The smallest absolute Gasteiger partial charge is 0.412 e. The first kappa shape index (κ1) is 12.8. The van der Waals surface area contributed by atoms with Crippen molar-refractivity contribution >= 4 is 12.1 Å². The van der Waals surface area contributed by atoms with E-state index < -0.39 is 18.1 Å². The minimum Gasteiger partial charge on any atom is -0.480 e. The van der Waals surface area contributed by atoms with Gasteiger partial charge >= 0.3 is 12.1 Å². The summed E-state index contributed by atoms with van der Waals surface area (Å²) in [5.41, 5.74) is 0.818. The van der Waals surface area contributed by atoms with Gasteiger partial charge in [-0.25, -0.2) is 9.59 Å². The molecule has 0 aliphatic carbocycles. The van der Waals surface area contributed by atoms with Gasteiger partial charge in [-0.1, -0.05) is 36.9 Å². The summed E-state index contributed by atoms with van der Waals surface area (Å²) in [4.78, 5) is 22.0. The number of hydrogen-bond acceptors (Lipinski definition) is 3. The van der Waals surface area contributed by atoms with Crippen molar-refractivity contribution in [3.8, 4) is 0 Å². The number of benzene rings is 1. The van der Waals surface area contributed by atoms with E-state index in [4.69, 9.17) is 5.11 Å². The van der Waals surface area contributed by atoms with Gasteiger partial charge in [0.05, 0.1) is 6.26 Å². The van der Waals surface area contributed by atoms with Gasteiger partial charge in [-0.05, 0) is 5.56 Å². The lowest BCUT2D eigenvalue weighted by Gasteiger charge is -2.13. The largest absolute Gasteiger partial charge is 0.480 e. The Balaban J connectivity index is 2.64. The van der Waals surface area contributed by atoms with Crippen molar-refractivity contribution in [1.29, 1.82) is 0 Å². The number of amides is 1. The maximum Gasteiger partial charge on any atom is 0.412 e. The lowest BCUT2D eigenvalue weighted by molar-refractivity contribution is -0.139. The molecule has 1 aromatic carbocycles. The monoisotopic (exact) mass is 235 g/mol. The van der Waals surface area contributed by atoms with Gasteiger partial charge in [0.1, 0.15) is 6.04 Å². The second-order valence-electron chi connectivity index (χ2n) is 3.30. The maximum absolute atomic E-state index is 11.1. The predicted octanol–water partition coefficient (Wildman–Crippen LogP) is 1.55. The number of carbonyl (C=O) groups is 2. The molecule has 0 radical (unpaired) electrons. The number of rotatable bonds is 5. The summed E-state index contributed by atoms with van der Waals surface area (Å²) in [6, 6.07) is 7.99. The summed E-state index contributed by atoms with van der Waals surface area (Å²) in [5.74, 6) is -1.12. The van der Waals surface area contributed by atoms with E-state index in [2.05, 4.69) is 16.6 Å². The molecule has 17 heavy (non-hydrogen) atoms.